The number of aryl methyl sites for hydroxylation is 2. The summed E-state index contributed by atoms with van der Waals surface area (Å²) in [5, 5.41) is 4.25. The summed E-state index contributed by atoms with van der Waals surface area (Å²) in [6.07, 6.45) is 0.962. The molecule has 146 valence electrons. The summed E-state index contributed by atoms with van der Waals surface area (Å²) < 4.78 is 44.9. The van der Waals surface area contributed by atoms with E-state index in [1.54, 1.807) is 23.0 Å². The zero-order chi connectivity index (χ0) is 20.1. The minimum absolute atomic E-state index is 0.251. The molecular weight excluding hydrogens is 371 g/mol. The number of rotatable bonds is 3. The van der Waals surface area contributed by atoms with Crippen LogP contribution >= 0.6 is 0 Å². The highest BCUT2D eigenvalue weighted by Gasteiger charge is 2.31. The van der Waals surface area contributed by atoms with Crippen LogP contribution < -0.4 is 9.64 Å². The number of benzene rings is 1. The van der Waals surface area contributed by atoms with Gasteiger partial charge in [-0.05, 0) is 31.2 Å². The molecule has 0 saturated carbocycles. The van der Waals surface area contributed by atoms with Crippen LogP contribution in [0.4, 0.5) is 18.9 Å². The Bertz CT molecular complexity index is 1050. The van der Waals surface area contributed by atoms with Crippen LogP contribution in [0.15, 0.2) is 42.9 Å². The first-order valence-corrected chi connectivity index (χ1v) is 8.57. The summed E-state index contributed by atoms with van der Waals surface area (Å²) in [4.78, 5) is 6.61. The average Bonchev–Trinajstić information content (AvgIpc) is 3.17. The first kappa shape index (κ1) is 18.1. The second kappa shape index (κ2) is 6.43. The summed E-state index contributed by atoms with van der Waals surface area (Å²) in [7, 11) is 3.81. The largest absolute Gasteiger partial charge is 0.573 e. The number of fused-ring (bicyclic) bond motifs is 1. The molecule has 0 aliphatic carbocycles. The van der Waals surface area contributed by atoms with Gasteiger partial charge in [0.05, 0.1) is 24.1 Å². The van der Waals surface area contributed by atoms with E-state index >= 15 is 0 Å². The number of ether oxygens (including phenoxy) is 1. The number of hydrogen-bond acceptors (Lipinski definition) is 4. The maximum atomic E-state index is 12.4. The molecule has 0 bridgehead atoms. The highest BCUT2D eigenvalue weighted by atomic mass is 19.4. The SMILES string of the molecule is Cc1nc2c(n1C)C(c1cnn(C)c1)=CN(c1ccc(OC(F)(F)F)cc1)C2. The van der Waals surface area contributed by atoms with Gasteiger partial charge in [0, 0.05) is 43.3 Å². The van der Waals surface area contributed by atoms with Crippen LogP contribution in [0.25, 0.3) is 5.57 Å². The molecule has 0 N–H and O–H groups in total. The second-order valence-corrected chi connectivity index (χ2v) is 6.63. The third-order valence-electron chi connectivity index (χ3n) is 4.67. The molecular formula is C19H18F3N5O. The van der Waals surface area contributed by atoms with Crippen molar-refractivity contribution < 1.29 is 17.9 Å². The van der Waals surface area contributed by atoms with Crippen molar-refractivity contribution in [3.05, 3.63) is 65.6 Å². The summed E-state index contributed by atoms with van der Waals surface area (Å²) in [6, 6.07) is 5.80. The van der Waals surface area contributed by atoms with Crippen LogP contribution in [-0.2, 0) is 20.6 Å². The number of nitrogens with zero attached hydrogens (tertiary/aromatic N) is 5. The van der Waals surface area contributed by atoms with Crippen LogP contribution in [0.5, 0.6) is 5.75 Å². The first-order valence-electron chi connectivity index (χ1n) is 8.57. The quantitative estimate of drug-likeness (QED) is 0.684. The Morgan fingerprint density at radius 1 is 1.11 bits per heavy atom. The smallest absolute Gasteiger partial charge is 0.406 e. The summed E-state index contributed by atoms with van der Waals surface area (Å²) in [6.45, 7) is 2.45. The Morgan fingerprint density at radius 2 is 1.82 bits per heavy atom. The minimum Gasteiger partial charge on any atom is -0.406 e. The molecule has 0 saturated heterocycles. The lowest BCUT2D eigenvalue weighted by Crippen LogP contribution is -2.22. The topological polar surface area (TPSA) is 48.1 Å². The van der Waals surface area contributed by atoms with Crippen molar-refractivity contribution in [3.63, 3.8) is 0 Å². The van der Waals surface area contributed by atoms with Gasteiger partial charge in [0.1, 0.15) is 11.6 Å². The number of imidazole rings is 1. The Labute approximate surface area is 159 Å². The Balaban J connectivity index is 1.72. The van der Waals surface area contributed by atoms with E-state index in [1.165, 1.54) is 12.1 Å². The van der Waals surface area contributed by atoms with Gasteiger partial charge in [-0.25, -0.2) is 4.98 Å². The molecule has 3 heterocycles. The van der Waals surface area contributed by atoms with Gasteiger partial charge in [-0.3, -0.25) is 4.68 Å². The van der Waals surface area contributed by atoms with Crippen LogP contribution in [0, 0.1) is 6.92 Å². The zero-order valence-corrected chi connectivity index (χ0v) is 15.5. The predicted molar refractivity (Wildman–Crippen MR) is 97.5 cm³/mol. The van der Waals surface area contributed by atoms with Gasteiger partial charge in [-0.1, -0.05) is 0 Å². The lowest BCUT2D eigenvalue weighted by atomic mass is 10.0. The van der Waals surface area contributed by atoms with E-state index in [0.29, 0.717) is 6.54 Å². The lowest BCUT2D eigenvalue weighted by molar-refractivity contribution is -0.274. The molecule has 0 amide bonds. The van der Waals surface area contributed by atoms with Gasteiger partial charge in [0.15, 0.2) is 0 Å². The molecule has 1 aromatic carbocycles. The second-order valence-electron chi connectivity index (χ2n) is 6.63. The van der Waals surface area contributed by atoms with Gasteiger partial charge < -0.3 is 14.2 Å². The molecule has 0 atom stereocenters. The standard InChI is InChI=1S/C19H18F3N5O/c1-12-24-17-11-27(14-4-6-15(7-5-14)28-19(20,21)22)10-16(18(17)26(12)3)13-8-23-25(2)9-13/h4-10H,11H2,1-3H3. The lowest BCUT2D eigenvalue weighted by Gasteiger charge is -2.27. The number of aromatic nitrogens is 4. The van der Waals surface area contributed by atoms with Crippen molar-refractivity contribution in [1.82, 2.24) is 19.3 Å². The monoisotopic (exact) mass is 389 g/mol. The molecule has 9 heteroatoms. The fourth-order valence-electron chi connectivity index (χ4n) is 3.33. The van der Waals surface area contributed by atoms with Crippen molar-refractivity contribution in [2.45, 2.75) is 19.8 Å². The minimum atomic E-state index is -4.71. The van der Waals surface area contributed by atoms with E-state index in [-0.39, 0.29) is 5.75 Å². The van der Waals surface area contributed by atoms with Crippen molar-refractivity contribution in [2.24, 2.45) is 14.1 Å². The van der Waals surface area contributed by atoms with Crippen molar-refractivity contribution in [3.8, 4) is 5.75 Å². The number of hydrogen-bond donors (Lipinski definition) is 0. The van der Waals surface area contributed by atoms with Gasteiger partial charge in [0.25, 0.3) is 0 Å². The predicted octanol–water partition coefficient (Wildman–Crippen LogP) is 3.77. The zero-order valence-electron chi connectivity index (χ0n) is 15.5. The molecule has 0 spiro atoms. The Kier molecular flexibility index (Phi) is 4.17. The van der Waals surface area contributed by atoms with E-state index < -0.39 is 6.36 Å². The van der Waals surface area contributed by atoms with E-state index in [4.69, 9.17) is 0 Å². The van der Waals surface area contributed by atoms with E-state index in [9.17, 15) is 13.2 Å². The summed E-state index contributed by atoms with van der Waals surface area (Å²) >= 11 is 0. The highest BCUT2D eigenvalue weighted by Crippen LogP contribution is 2.35. The maximum absolute atomic E-state index is 12.4. The Morgan fingerprint density at radius 3 is 2.43 bits per heavy atom. The third kappa shape index (κ3) is 3.35. The molecule has 6 nitrogen and oxygen atoms in total. The highest BCUT2D eigenvalue weighted by molar-refractivity contribution is 5.82. The summed E-state index contributed by atoms with van der Waals surface area (Å²) in [5.41, 5.74) is 4.54. The normalized spacial score (nSPS) is 14.1. The van der Waals surface area contributed by atoms with Gasteiger partial charge in [-0.15, -0.1) is 13.2 Å². The molecule has 4 rings (SSSR count). The van der Waals surface area contributed by atoms with Gasteiger partial charge in [0.2, 0.25) is 0 Å². The molecule has 0 unspecified atom stereocenters. The molecule has 0 fully saturated rings. The van der Waals surface area contributed by atoms with Crippen LogP contribution in [0.3, 0.4) is 0 Å². The maximum Gasteiger partial charge on any atom is 0.573 e. The van der Waals surface area contributed by atoms with Crippen LogP contribution in [0.1, 0.15) is 22.8 Å². The van der Waals surface area contributed by atoms with E-state index in [0.717, 1.165) is 34.0 Å². The van der Waals surface area contributed by atoms with Crippen molar-refractivity contribution in [1.29, 1.82) is 0 Å². The Hall–Kier alpha value is -3.23. The van der Waals surface area contributed by atoms with Crippen molar-refractivity contribution >= 4 is 11.3 Å². The molecule has 1 aliphatic heterocycles. The molecule has 2 aromatic heterocycles. The first-order chi connectivity index (χ1) is 13.2. The summed E-state index contributed by atoms with van der Waals surface area (Å²) in [5.74, 6) is 0.634. The van der Waals surface area contributed by atoms with Crippen molar-refractivity contribution in [2.75, 3.05) is 4.90 Å². The van der Waals surface area contributed by atoms with Gasteiger partial charge in [-0.2, -0.15) is 5.10 Å². The third-order valence-corrected chi connectivity index (χ3v) is 4.67. The molecule has 0 radical (unpaired) electrons. The number of anilines is 1. The molecule has 3 aromatic rings. The molecule has 28 heavy (non-hydrogen) atoms. The average molecular weight is 389 g/mol. The fourth-order valence-corrected chi connectivity index (χ4v) is 3.33. The van der Waals surface area contributed by atoms with E-state index in [2.05, 4.69) is 14.8 Å². The number of halogens is 3. The number of alkyl halides is 3. The fraction of sp³-hybridized carbons (Fsp3) is 0.263. The van der Waals surface area contributed by atoms with Gasteiger partial charge >= 0.3 is 6.36 Å². The van der Waals surface area contributed by atoms with Crippen LogP contribution in [-0.4, -0.2) is 25.7 Å². The van der Waals surface area contributed by atoms with Crippen LogP contribution in [0.2, 0.25) is 0 Å². The molecule has 1 aliphatic rings. The van der Waals surface area contributed by atoms with E-state index in [1.807, 2.05) is 42.9 Å².